The van der Waals surface area contributed by atoms with Crippen LogP contribution in [0.4, 0.5) is 10.2 Å². The minimum atomic E-state index is -0.326. The average Bonchev–Trinajstić information content (AvgIpc) is 3.15. The van der Waals surface area contributed by atoms with Crippen LogP contribution in [0.1, 0.15) is 5.56 Å². The van der Waals surface area contributed by atoms with Gasteiger partial charge in [0.2, 0.25) is 5.91 Å². The van der Waals surface area contributed by atoms with Crippen molar-refractivity contribution in [2.45, 2.75) is 6.42 Å². The van der Waals surface area contributed by atoms with Crippen LogP contribution in [0, 0.1) is 5.82 Å². The molecule has 6 heteroatoms. The zero-order chi connectivity index (χ0) is 19.3. The molecule has 0 aliphatic rings. The highest BCUT2D eigenvalue weighted by atomic mass is 19.1. The van der Waals surface area contributed by atoms with Crippen molar-refractivity contribution in [1.29, 1.82) is 0 Å². The zero-order valence-electron chi connectivity index (χ0n) is 14.9. The van der Waals surface area contributed by atoms with Gasteiger partial charge in [0.05, 0.1) is 17.8 Å². The van der Waals surface area contributed by atoms with E-state index in [1.165, 1.54) is 12.1 Å². The first-order valence-electron chi connectivity index (χ1n) is 8.79. The Bertz CT molecular complexity index is 1080. The van der Waals surface area contributed by atoms with E-state index in [2.05, 4.69) is 15.4 Å². The smallest absolute Gasteiger partial charge is 0.229 e. The number of carbonyl (C=O) groups excluding carboxylic acids is 1. The Hall–Kier alpha value is -3.80. The van der Waals surface area contributed by atoms with Crippen LogP contribution in [0.15, 0.2) is 85.2 Å². The molecule has 4 aromatic rings. The number of benzene rings is 2. The molecule has 0 bridgehead atoms. The molecule has 1 amide bonds. The molecule has 0 atom stereocenters. The molecule has 2 aromatic carbocycles. The molecule has 0 saturated carbocycles. The number of carbonyl (C=O) groups is 1. The van der Waals surface area contributed by atoms with Crippen LogP contribution in [-0.4, -0.2) is 20.7 Å². The highest BCUT2D eigenvalue weighted by Crippen LogP contribution is 2.24. The van der Waals surface area contributed by atoms with Crippen molar-refractivity contribution in [1.82, 2.24) is 14.8 Å². The van der Waals surface area contributed by atoms with Gasteiger partial charge in [0, 0.05) is 24.0 Å². The Morgan fingerprint density at radius 1 is 0.964 bits per heavy atom. The van der Waals surface area contributed by atoms with Gasteiger partial charge in [-0.2, -0.15) is 5.10 Å². The summed E-state index contributed by atoms with van der Waals surface area (Å²) in [5, 5.41) is 7.56. The van der Waals surface area contributed by atoms with Crippen molar-refractivity contribution >= 4 is 11.7 Å². The molecule has 28 heavy (non-hydrogen) atoms. The number of aromatic nitrogens is 3. The maximum Gasteiger partial charge on any atom is 0.229 e. The largest absolute Gasteiger partial charge is 0.310 e. The molecule has 0 aliphatic carbocycles. The van der Waals surface area contributed by atoms with Gasteiger partial charge < -0.3 is 5.32 Å². The van der Waals surface area contributed by atoms with Gasteiger partial charge >= 0.3 is 0 Å². The first-order valence-corrected chi connectivity index (χ1v) is 8.79. The van der Waals surface area contributed by atoms with Crippen molar-refractivity contribution in [3.63, 3.8) is 0 Å². The van der Waals surface area contributed by atoms with E-state index in [-0.39, 0.29) is 18.1 Å². The number of nitrogens with one attached hydrogen (secondary N) is 1. The predicted molar refractivity (Wildman–Crippen MR) is 106 cm³/mol. The molecule has 0 spiro atoms. The van der Waals surface area contributed by atoms with E-state index in [0.717, 1.165) is 22.5 Å². The third-order valence-electron chi connectivity index (χ3n) is 4.23. The van der Waals surface area contributed by atoms with Crippen molar-refractivity contribution in [3.8, 4) is 16.9 Å². The van der Waals surface area contributed by atoms with Crippen molar-refractivity contribution < 1.29 is 9.18 Å². The van der Waals surface area contributed by atoms with Crippen LogP contribution in [0.3, 0.4) is 0 Å². The number of amides is 1. The molecule has 1 N–H and O–H groups in total. The fourth-order valence-corrected chi connectivity index (χ4v) is 2.87. The maximum atomic E-state index is 13.1. The number of hydrogen-bond acceptors (Lipinski definition) is 3. The maximum absolute atomic E-state index is 13.1. The number of halogens is 1. The number of rotatable bonds is 5. The van der Waals surface area contributed by atoms with Crippen LogP contribution in [0.5, 0.6) is 0 Å². The van der Waals surface area contributed by atoms with Gasteiger partial charge in [0.15, 0.2) is 0 Å². The van der Waals surface area contributed by atoms with E-state index in [1.54, 1.807) is 29.2 Å². The highest BCUT2D eigenvalue weighted by molar-refractivity contribution is 5.92. The van der Waals surface area contributed by atoms with Gasteiger partial charge in [0.25, 0.3) is 0 Å². The van der Waals surface area contributed by atoms with E-state index >= 15 is 0 Å². The first kappa shape index (κ1) is 17.6. The first-order chi connectivity index (χ1) is 13.7. The molecule has 0 aliphatic heterocycles. The Morgan fingerprint density at radius 3 is 2.39 bits per heavy atom. The molecule has 0 saturated heterocycles. The lowest BCUT2D eigenvalue weighted by Crippen LogP contribution is -2.17. The summed E-state index contributed by atoms with van der Waals surface area (Å²) in [5.41, 5.74) is 3.20. The summed E-state index contributed by atoms with van der Waals surface area (Å²) in [6, 6.07) is 21.0. The van der Waals surface area contributed by atoms with Crippen LogP contribution in [0.2, 0.25) is 0 Å². The Kier molecular flexibility index (Phi) is 4.93. The molecule has 0 unspecified atom stereocenters. The number of pyridine rings is 1. The second-order valence-corrected chi connectivity index (χ2v) is 6.25. The van der Waals surface area contributed by atoms with Crippen LogP contribution >= 0.6 is 0 Å². The van der Waals surface area contributed by atoms with Gasteiger partial charge in [-0.3, -0.25) is 9.78 Å². The molecule has 2 aromatic heterocycles. The fraction of sp³-hybridized carbons (Fsp3) is 0.0455. The van der Waals surface area contributed by atoms with Crippen molar-refractivity contribution in [3.05, 3.63) is 96.6 Å². The van der Waals surface area contributed by atoms with Crippen LogP contribution < -0.4 is 5.32 Å². The van der Waals surface area contributed by atoms with Gasteiger partial charge in [-0.25, -0.2) is 9.07 Å². The molecular formula is C22H17FN4O. The summed E-state index contributed by atoms with van der Waals surface area (Å²) in [6.45, 7) is 0. The second-order valence-electron chi connectivity index (χ2n) is 6.25. The minimum absolute atomic E-state index is 0.144. The zero-order valence-corrected chi connectivity index (χ0v) is 14.9. The van der Waals surface area contributed by atoms with E-state index in [1.807, 2.05) is 48.5 Å². The van der Waals surface area contributed by atoms with E-state index in [9.17, 15) is 9.18 Å². The summed E-state index contributed by atoms with van der Waals surface area (Å²) in [4.78, 5) is 16.6. The Labute approximate surface area is 161 Å². The molecule has 4 rings (SSSR count). The predicted octanol–water partition coefficient (Wildman–Crippen LogP) is 4.25. The summed E-state index contributed by atoms with van der Waals surface area (Å²) in [6.07, 6.45) is 3.54. The van der Waals surface area contributed by atoms with Crippen molar-refractivity contribution in [2.75, 3.05) is 5.32 Å². The molecule has 0 radical (unpaired) electrons. The molecule has 0 fully saturated rings. The summed E-state index contributed by atoms with van der Waals surface area (Å²) in [7, 11) is 0. The topological polar surface area (TPSA) is 59.8 Å². The second kappa shape index (κ2) is 7.84. The molecular weight excluding hydrogens is 355 g/mol. The standard InChI is InChI=1S/C22H17FN4O/c23-18-8-6-16(7-9-18)14-22(28)25-21-15-20(17-10-12-24-13-11-17)26-27(21)19-4-2-1-3-5-19/h1-13,15H,14H2,(H,25,28). The number of nitrogens with zero attached hydrogens (tertiary/aromatic N) is 3. The monoisotopic (exact) mass is 372 g/mol. The molecule has 138 valence electrons. The number of hydrogen-bond donors (Lipinski definition) is 1. The lowest BCUT2D eigenvalue weighted by atomic mass is 10.1. The minimum Gasteiger partial charge on any atom is -0.310 e. The third-order valence-corrected chi connectivity index (χ3v) is 4.23. The number of anilines is 1. The van der Waals surface area contributed by atoms with Crippen molar-refractivity contribution in [2.24, 2.45) is 0 Å². The molecule has 5 nitrogen and oxygen atoms in total. The Balaban J connectivity index is 1.64. The Morgan fingerprint density at radius 2 is 1.68 bits per heavy atom. The van der Waals surface area contributed by atoms with Gasteiger partial charge in [-0.1, -0.05) is 30.3 Å². The van der Waals surface area contributed by atoms with Crippen LogP contribution in [0.25, 0.3) is 16.9 Å². The third kappa shape index (κ3) is 3.96. The molecule has 2 heterocycles. The lowest BCUT2D eigenvalue weighted by Gasteiger charge is -2.09. The van der Waals surface area contributed by atoms with E-state index in [0.29, 0.717) is 5.82 Å². The van der Waals surface area contributed by atoms with E-state index in [4.69, 9.17) is 0 Å². The SMILES string of the molecule is O=C(Cc1ccc(F)cc1)Nc1cc(-c2ccncc2)nn1-c1ccccc1. The normalized spacial score (nSPS) is 10.6. The van der Waals surface area contributed by atoms with Gasteiger partial charge in [-0.15, -0.1) is 0 Å². The quantitative estimate of drug-likeness (QED) is 0.570. The van der Waals surface area contributed by atoms with E-state index < -0.39 is 0 Å². The van der Waals surface area contributed by atoms with Crippen LogP contribution in [-0.2, 0) is 11.2 Å². The lowest BCUT2D eigenvalue weighted by molar-refractivity contribution is -0.115. The fourth-order valence-electron chi connectivity index (χ4n) is 2.87. The van der Waals surface area contributed by atoms with Gasteiger partial charge in [0.1, 0.15) is 11.6 Å². The highest BCUT2D eigenvalue weighted by Gasteiger charge is 2.14. The average molecular weight is 372 g/mol. The summed E-state index contributed by atoms with van der Waals surface area (Å²) in [5.74, 6) is 0.0309. The summed E-state index contributed by atoms with van der Waals surface area (Å²) < 4.78 is 14.8. The number of para-hydroxylation sites is 1. The summed E-state index contributed by atoms with van der Waals surface area (Å²) >= 11 is 0. The van der Waals surface area contributed by atoms with Gasteiger partial charge in [-0.05, 0) is 42.0 Å².